The van der Waals surface area contributed by atoms with Gasteiger partial charge in [-0.2, -0.15) is 0 Å². The Balaban J connectivity index is 1.43. The second-order valence-corrected chi connectivity index (χ2v) is 8.30. The van der Waals surface area contributed by atoms with Gasteiger partial charge in [-0.05, 0) is 37.0 Å². The molecule has 0 unspecified atom stereocenters. The lowest BCUT2D eigenvalue weighted by molar-refractivity contribution is -0.130. The molecule has 1 aliphatic rings. The molecule has 0 spiro atoms. The van der Waals surface area contributed by atoms with E-state index in [9.17, 15) is 9.18 Å². The molecule has 1 fully saturated rings. The van der Waals surface area contributed by atoms with Gasteiger partial charge in [-0.25, -0.2) is 24.3 Å². The minimum absolute atomic E-state index is 0.132. The zero-order valence-electron chi connectivity index (χ0n) is 18.4. The fraction of sp³-hybridized carbons (Fsp3) is 0.375. The van der Waals surface area contributed by atoms with Crippen molar-refractivity contribution >= 4 is 11.9 Å². The average Bonchev–Trinajstić information content (AvgIpc) is 3.31. The van der Waals surface area contributed by atoms with Crippen molar-refractivity contribution in [3.63, 3.8) is 0 Å². The van der Waals surface area contributed by atoms with Gasteiger partial charge in [-0.15, -0.1) is 0 Å². The lowest BCUT2D eigenvalue weighted by atomic mass is 9.97. The van der Waals surface area contributed by atoms with Crippen LogP contribution in [0.1, 0.15) is 36.4 Å². The van der Waals surface area contributed by atoms with Crippen molar-refractivity contribution in [3.8, 4) is 11.1 Å². The molecule has 1 saturated heterocycles. The van der Waals surface area contributed by atoms with Crippen LogP contribution in [0.25, 0.3) is 11.1 Å². The van der Waals surface area contributed by atoms with Gasteiger partial charge in [-0.1, -0.05) is 12.1 Å². The zero-order valence-corrected chi connectivity index (χ0v) is 18.4. The third kappa shape index (κ3) is 5.07. The largest absolute Gasteiger partial charge is 0.347 e. The van der Waals surface area contributed by atoms with Gasteiger partial charge in [0.05, 0.1) is 5.69 Å². The molecule has 3 heterocycles. The number of aromatic nitrogens is 4. The number of likely N-dealkylation sites (tertiary alicyclic amines) is 1. The predicted molar refractivity (Wildman–Crippen MR) is 121 cm³/mol. The summed E-state index contributed by atoms with van der Waals surface area (Å²) in [5.74, 6) is 0.690. The fourth-order valence-corrected chi connectivity index (χ4v) is 4.04. The van der Waals surface area contributed by atoms with Gasteiger partial charge in [0.2, 0.25) is 11.9 Å². The molecule has 1 aromatic carbocycles. The standard InChI is InChI=1S/C24H27FN6O/c1-30(2)24-28-14-21(19-12-26-16-27-13-19)23(29-24)18-10-11-31(15-18)22(32)5-3-4-17-6-8-20(25)9-7-17/h6-9,12-14,16,18H,3-5,10-11,15H2,1-2H3/t18-/m0/s1. The van der Waals surface area contributed by atoms with Gasteiger partial charge < -0.3 is 9.80 Å². The average molecular weight is 435 g/mol. The van der Waals surface area contributed by atoms with Crippen molar-refractivity contribution in [3.05, 3.63) is 66.3 Å². The van der Waals surface area contributed by atoms with Gasteiger partial charge in [0, 0.05) is 69.2 Å². The number of aryl methyl sites for hydroxylation is 1. The highest BCUT2D eigenvalue weighted by Gasteiger charge is 2.30. The smallest absolute Gasteiger partial charge is 0.225 e. The molecule has 32 heavy (non-hydrogen) atoms. The highest BCUT2D eigenvalue weighted by Crippen LogP contribution is 2.34. The van der Waals surface area contributed by atoms with Crippen LogP contribution in [0.15, 0.2) is 49.2 Å². The van der Waals surface area contributed by atoms with Crippen molar-refractivity contribution in [2.45, 2.75) is 31.6 Å². The van der Waals surface area contributed by atoms with Crippen LogP contribution in [0.3, 0.4) is 0 Å². The van der Waals surface area contributed by atoms with E-state index in [0.29, 0.717) is 25.5 Å². The van der Waals surface area contributed by atoms with Crippen LogP contribution in [0, 0.1) is 5.82 Å². The molecular weight excluding hydrogens is 407 g/mol. The van der Waals surface area contributed by atoms with E-state index in [-0.39, 0.29) is 17.6 Å². The van der Waals surface area contributed by atoms with Crippen molar-refractivity contribution in [1.29, 1.82) is 0 Å². The van der Waals surface area contributed by atoms with E-state index in [1.165, 1.54) is 18.5 Å². The van der Waals surface area contributed by atoms with E-state index in [1.54, 1.807) is 24.5 Å². The molecule has 7 nitrogen and oxygen atoms in total. The molecular formula is C24H27FN6O. The predicted octanol–water partition coefficient (Wildman–Crippen LogP) is 3.48. The Bertz CT molecular complexity index is 1060. The molecule has 1 amide bonds. The maximum absolute atomic E-state index is 13.0. The second-order valence-electron chi connectivity index (χ2n) is 8.30. The van der Waals surface area contributed by atoms with Crippen LogP contribution in [0.2, 0.25) is 0 Å². The Morgan fingerprint density at radius 2 is 1.91 bits per heavy atom. The summed E-state index contributed by atoms with van der Waals surface area (Å²) in [5.41, 5.74) is 3.76. The molecule has 4 rings (SSSR count). The summed E-state index contributed by atoms with van der Waals surface area (Å²) in [6, 6.07) is 6.47. The first-order valence-electron chi connectivity index (χ1n) is 10.8. The minimum Gasteiger partial charge on any atom is -0.347 e. The Hall–Kier alpha value is -3.42. The maximum Gasteiger partial charge on any atom is 0.225 e. The van der Waals surface area contributed by atoms with E-state index >= 15 is 0 Å². The molecule has 2 aromatic heterocycles. The molecule has 0 radical (unpaired) electrons. The molecule has 166 valence electrons. The van der Waals surface area contributed by atoms with Gasteiger partial charge in [0.1, 0.15) is 12.1 Å². The summed E-state index contributed by atoms with van der Waals surface area (Å²) in [4.78, 5) is 34.2. The first kappa shape index (κ1) is 21.8. The van der Waals surface area contributed by atoms with Crippen LogP contribution in [-0.4, -0.2) is 57.9 Å². The summed E-state index contributed by atoms with van der Waals surface area (Å²) >= 11 is 0. The fourth-order valence-electron chi connectivity index (χ4n) is 4.04. The Kier molecular flexibility index (Phi) is 6.68. The van der Waals surface area contributed by atoms with Crippen LogP contribution in [-0.2, 0) is 11.2 Å². The highest BCUT2D eigenvalue weighted by atomic mass is 19.1. The third-order valence-electron chi connectivity index (χ3n) is 5.77. The maximum atomic E-state index is 13.0. The summed E-state index contributed by atoms with van der Waals surface area (Å²) < 4.78 is 13.0. The Morgan fingerprint density at radius 1 is 1.16 bits per heavy atom. The molecule has 0 bridgehead atoms. The van der Waals surface area contributed by atoms with E-state index in [1.807, 2.05) is 30.1 Å². The number of hydrogen-bond acceptors (Lipinski definition) is 6. The van der Waals surface area contributed by atoms with Gasteiger partial charge >= 0.3 is 0 Å². The number of amides is 1. The van der Waals surface area contributed by atoms with Crippen LogP contribution in [0.4, 0.5) is 10.3 Å². The topological polar surface area (TPSA) is 75.1 Å². The molecule has 0 aliphatic carbocycles. The summed E-state index contributed by atoms with van der Waals surface area (Å²) in [6.07, 6.45) is 9.69. The zero-order chi connectivity index (χ0) is 22.5. The molecule has 1 atom stereocenters. The number of halogens is 1. The lowest BCUT2D eigenvalue weighted by Crippen LogP contribution is -2.28. The van der Waals surface area contributed by atoms with Gasteiger partial charge in [0.25, 0.3) is 0 Å². The van der Waals surface area contributed by atoms with Crippen LogP contribution >= 0.6 is 0 Å². The normalized spacial score (nSPS) is 15.7. The number of carbonyl (C=O) groups excluding carboxylic acids is 1. The number of carbonyl (C=O) groups is 1. The highest BCUT2D eigenvalue weighted by molar-refractivity contribution is 5.76. The van der Waals surface area contributed by atoms with Crippen LogP contribution < -0.4 is 4.90 Å². The van der Waals surface area contributed by atoms with Crippen molar-refractivity contribution < 1.29 is 9.18 Å². The summed E-state index contributed by atoms with van der Waals surface area (Å²) in [5, 5.41) is 0. The Labute approximate surface area is 187 Å². The first-order valence-corrected chi connectivity index (χ1v) is 10.8. The molecule has 3 aromatic rings. The Morgan fingerprint density at radius 3 is 2.62 bits per heavy atom. The third-order valence-corrected chi connectivity index (χ3v) is 5.77. The number of hydrogen-bond donors (Lipinski definition) is 0. The van der Waals surface area contributed by atoms with Crippen molar-refractivity contribution in [2.24, 2.45) is 0 Å². The van der Waals surface area contributed by atoms with Crippen LogP contribution in [0.5, 0.6) is 0 Å². The van der Waals surface area contributed by atoms with Gasteiger partial charge in [0.15, 0.2) is 0 Å². The van der Waals surface area contributed by atoms with E-state index in [2.05, 4.69) is 15.0 Å². The van der Waals surface area contributed by atoms with Gasteiger partial charge in [-0.3, -0.25) is 4.79 Å². The van der Waals surface area contributed by atoms with E-state index in [4.69, 9.17) is 4.98 Å². The van der Waals surface area contributed by atoms with E-state index in [0.717, 1.165) is 41.6 Å². The lowest BCUT2D eigenvalue weighted by Gasteiger charge is -2.19. The number of rotatable bonds is 7. The first-order chi connectivity index (χ1) is 15.5. The number of anilines is 1. The number of nitrogens with zero attached hydrogens (tertiary/aromatic N) is 6. The number of benzene rings is 1. The monoisotopic (exact) mass is 434 g/mol. The van der Waals surface area contributed by atoms with Crippen molar-refractivity contribution in [1.82, 2.24) is 24.8 Å². The summed E-state index contributed by atoms with van der Waals surface area (Å²) in [6.45, 7) is 1.35. The summed E-state index contributed by atoms with van der Waals surface area (Å²) in [7, 11) is 3.83. The van der Waals surface area contributed by atoms with Crippen molar-refractivity contribution in [2.75, 3.05) is 32.1 Å². The SMILES string of the molecule is CN(C)c1ncc(-c2cncnc2)c([C@H]2CCN(C(=O)CCCc3ccc(F)cc3)C2)n1. The van der Waals surface area contributed by atoms with E-state index < -0.39 is 0 Å². The molecule has 8 heteroatoms. The molecule has 1 aliphatic heterocycles. The quantitative estimate of drug-likeness (QED) is 0.567. The second kappa shape index (κ2) is 9.80. The molecule has 0 saturated carbocycles. The minimum atomic E-state index is -0.239. The molecule has 0 N–H and O–H groups in total.